The average Bonchev–Trinajstić information content (AvgIpc) is 2.93. The number of phenolic OH excluding ortho intramolecular Hbond substituents is 1. The van der Waals surface area contributed by atoms with Gasteiger partial charge in [-0.3, -0.25) is 4.98 Å². The minimum atomic E-state index is 0. The Kier molecular flexibility index (Phi) is 6.65. The van der Waals surface area contributed by atoms with Crippen LogP contribution < -0.4 is 9.80 Å². The Bertz CT molecular complexity index is 1710. The Hall–Kier alpha value is -4.20. The molecule has 0 radical (unpaired) electrons. The molecule has 0 bridgehead atoms. The molecule has 3 aromatic carbocycles. The molecule has 0 aliphatic carbocycles. The molecular formula is C31H24N5OPt-. The van der Waals surface area contributed by atoms with Crippen LogP contribution in [0, 0.1) is 17.4 Å². The number of benzene rings is 3. The molecule has 0 amide bonds. The Morgan fingerprint density at radius 1 is 0.921 bits per heavy atom. The largest absolute Gasteiger partial charge is 0.506 e. The molecule has 38 heavy (non-hydrogen) atoms. The molecule has 0 saturated carbocycles. The summed E-state index contributed by atoms with van der Waals surface area (Å²) in [6, 6.07) is 29.2. The molecule has 0 spiro atoms. The van der Waals surface area contributed by atoms with Gasteiger partial charge < -0.3 is 14.9 Å². The van der Waals surface area contributed by atoms with Crippen molar-refractivity contribution in [3.8, 4) is 23.1 Å². The predicted octanol–water partition coefficient (Wildman–Crippen LogP) is 7.35. The van der Waals surface area contributed by atoms with Gasteiger partial charge in [0, 0.05) is 39.7 Å². The molecule has 6 nitrogen and oxygen atoms in total. The molecule has 1 aliphatic heterocycles. The summed E-state index contributed by atoms with van der Waals surface area (Å²) in [7, 11) is 2.04. The number of aromatic hydroxyl groups is 1. The number of hydrogen-bond donors (Lipinski definition) is 1. The number of aromatic nitrogens is 2. The van der Waals surface area contributed by atoms with Gasteiger partial charge in [-0.2, -0.15) is 5.26 Å². The first-order valence-corrected chi connectivity index (χ1v) is 12.1. The van der Waals surface area contributed by atoms with Gasteiger partial charge in [-0.05, 0) is 58.9 Å². The van der Waals surface area contributed by atoms with Gasteiger partial charge in [-0.15, -0.1) is 23.8 Å². The fourth-order valence-corrected chi connectivity index (χ4v) is 4.95. The van der Waals surface area contributed by atoms with E-state index in [-0.39, 0.29) is 26.8 Å². The first kappa shape index (κ1) is 25.4. The summed E-state index contributed by atoms with van der Waals surface area (Å²) < 4.78 is 0. The van der Waals surface area contributed by atoms with Crippen LogP contribution in [0.1, 0.15) is 30.9 Å². The Morgan fingerprint density at radius 2 is 1.71 bits per heavy atom. The molecular weight excluding hydrogens is 653 g/mol. The number of pyridine rings is 2. The summed E-state index contributed by atoms with van der Waals surface area (Å²) in [4.78, 5) is 13.6. The summed E-state index contributed by atoms with van der Waals surface area (Å²) >= 11 is 0. The van der Waals surface area contributed by atoms with Crippen molar-refractivity contribution in [3.63, 3.8) is 0 Å². The molecule has 6 rings (SSSR count). The number of rotatable bonds is 3. The Labute approximate surface area is 236 Å². The molecule has 1 N–H and O–H groups in total. The summed E-state index contributed by atoms with van der Waals surface area (Å²) in [5, 5.41) is 20.8. The molecule has 0 unspecified atom stereocenters. The zero-order valence-electron chi connectivity index (χ0n) is 21.1. The number of para-hydroxylation sites is 2. The number of anilines is 5. The molecule has 0 fully saturated rings. The molecule has 7 heteroatoms. The van der Waals surface area contributed by atoms with Gasteiger partial charge in [0.2, 0.25) is 0 Å². The quantitative estimate of drug-likeness (QED) is 0.202. The van der Waals surface area contributed by atoms with Crippen LogP contribution in [0.15, 0.2) is 79.0 Å². The second kappa shape index (κ2) is 9.93. The van der Waals surface area contributed by atoms with Crippen LogP contribution >= 0.6 is 0 Å². The molecule has 190 valence electrons. The maximum atomic E-state index is 10.6. The Balaban J connectivity index is 0.00000294. The second-order valence-corrected chi connectivity index (χ2v) is 9.43. The van der Waals surface area contributed by atoms with E-state index < -0.39 is 0 Å². The SMILES string of the molecule is CC(C)c1ccc(O)c2nc(-c3[c-]c4c(cc3)N(C)c3ccccc3N4c3ccc(C#N)cn3)ccc12.[Pt]. The molecule has 5 aromatic rings. The monoisotopic (exact) mass is 677 g/mol. The second-order valence-electron chi connectivity index (χ2n) is 9.43. The van der Waals surface area contributed by atoms with Gasteiger partial charge in [0.1, 0.15) is 23.2 Å². The summed E-state index contributed by atoms with van der Waals surface area (Å²) in [5.41, 5.74) is 7.58. The van der Waals surface area contributed by atoms with Crippen molar-refractivity contribution < 1.29 is 26.2 Å². The zero-order chi connectivity index (χ0) is 25.7. The first-order chi connectivity index (χ1) is 18.0. The van der Waals surface area contributed by atoms with Crippen LogP contribution in [0.2, 0.25) is 0 Å². The van der Waals surface area contributed by atoms with Crippen LogP contribution in [0.4, 0.5) is 28.6 Å². The topological polar surface area (TPSA) is 76.3 Å². The van der Waals surface area contributed by atoms with E-state index in [2.05, 4.69) is 59.0 Å². The zero-order valence-corrected chi connectivity index (χ0v) is 23.4. The standard InChI is InChI=1S/C31H24N5O.Pt/c1-19(2)22-11-14-29(37)31-23(22)10-12-24(34-31)21-9-13-26-28(16-21)36(30-15-8-20(17-32)18-33-30)27-7-5-4-6-25(27)35(26)3;/h4-15,18-19,37H,1-3H3;/q-1;. The van der Waals surface area contributed by atoms with Gasteiger partial charge in [0.15, 0.2) is 0 Å². The summed E-state index contributed by atoms with van der Waals surface area (Å²) in [5.74, 6) is 1.17. The third kappa shape index (κ3) is 4.10. The van der Waals surface area contributed by atoms with E-state index >= 15 is 0 Å². The number of phenols is 1. The van der Waals surface area contributed by atoms with E-state index in [0.29, 0.717) is 22.8 Å². The van der Waals surface area contributed by atoms with E-state index in [9.17, 15) is 10.4 Å². The third-order valence-corrected chi connectivity index (χ3v) is 6.85. The van der Waals surface area contributed by atoms with E-state index in [1.54, 1.807) is 18.3 Å². The van der Waals surface area contributed by atoms with E-state index in [1.165, 1.54) is 0 Å². The van der Waals surface area contributed by atoms with Crippen LogP contribution in [0.25, 0.3) is 22.2 Å². The predicted molar refractivity (Wildman–Crippen MR) is 147 cm³/mol. The van der Waals surface area contributed by atoms with Gasteiger partial charge in [0.25, 0.3) is 0 Å². The number of nitriles is 1. The van der Waals surface area contributed by atoms with Crippen LogP contribution in [-0.4, -0.2) is 22.1 Å². The molecule has 3 heterocycles. The van der Waals surface area contributed by atoms with Crippen molar-refractivity contribution in [2.45, 2.75) is 19.8 Å². The third-order valence-electron chi connectivity index (χ3n) is 6.85. The first-order valence-electron chi connectivity index (χ1n) is 12.1. The maximum Gasteiger partial charge on any atom is 0.140 e. The minimum Gasteiger partial charge on any atom is -0.506 e. The molecule has 0 saturated heterocycles. The normalized spacial score (nSPS) is 12.1. The molecule has 0 atom stereocenters. The molecule has 1 aliphatic rings. The van der Waals surface area contributed by atoms with Crippen LogP contribution in [0.5, 0.6) is 5.75 Å². The van der Waals surface area contributed by atoms with Crippen molar-refractivity contribution in [1.82, 2.24) is 9.97 Å². The van der Waals surface area contributed by atoms with Gasteiger partial charge in [0.05, 0.1) is 16.9 Å². The van der Waals surface area contributed by atoms with Crippen LogP contribution in [-0.2, 0) is 21.1 Å². The van der Waals surface area contributed by atoms with Gasteiger partial charge in [-0.25, -0.2) is 4.98 Å². The maximum absolute atomic E-state index is 10.6. The van der Waals surface area contributed by atoms with Gasteiger partial charge >= 0.3 is 0 Å². The number of fused-ring (bicyclic) bond motifs is 3. The van der Waals surface area contributed by atoms with Crippen LogP contribution in [0.3, 0.4) is 0 Å². The van der Waals surface area contributed by atoms with Crippen molar-refractivity contribution in [1.29, 1.82) is 5.26 Å². The van der Waals surface area contributed by atoms with Crippen molar-refractivity contribution in [2.24, 2.45) is 0 Å². The van der Waals surface area contributed by atoms with E-state index in [0.717, 1.165) is 45.0 Å². The Morgan fingerprint density at radius 3 is 2.42 bits per heavy atom. The fourth-order valence-electron chi connectivity index (χ4n) is 4.95. The van der Waals surface area contributed by atoms with E-state index in [4.69, 9.17) is 4.98 Å². The van der Waals surface area contributed by atoms with Gasteiger partial charge in [-0.1, -0.05) is 44.2 Å². The average molecular weight is 678 g/mol. The van der Waals surface area contributed by atoms with Crippen molar-refractivity contribution >= 4 is 39.5 Å². The van der Waals surface area contributed by atoms with Crippen molar-refractivity contribution in [3.05, 3.63) is 96.2 Å². The number of hydrogen-bond acceptors (Lipinski definition) is 6. The smallest absolute Gasteiger partial charge is 0.140 e. The number of nitrogens with zero attached hydrogens (tertiary/aromatic N) is 5. The van der Waals surface area contributed by atoms with Crippen molar-refractivity contribution in [2.75, 3.05) is 16.8 Å². The fraction of sp³-hybridized carbons (Fsp3) is 0.129. The minimum absolute atomic E-state index is 0. The van der Waals surface area contributed by atoms with E-state index in [1.807, 2.05) is 49.5 Å². The molecule has 2 aromatic heterocycles. The summed E-state index contributed by atoms with van der Waals surface area (Å²) in [6.07, 6.45) is 1.58. The summed E-state index contributed by atoms with van der Waals surface area (Å²) in [6.45, 7) is 4.27.